The molecule has 6 heteroatoms. The Labute approximate surface area is 130 Å². The number of hydrogen-bond donors (Lipinski definition) is 1. The molecule has 0 amide bonds. The molecule has 0 bridgehead atoms. The average molecular weight is 302 g/mol. The Morgan fingerprint density at radius 1 is 1.32 bits per heavy atom. The van der Waals surface area contributed by atoms with Crippen LogP contribution in [0.4, 0.5) is 0 Å². The molecule has 2 N–H and O–H groups in total. The van der Waals surface area contributed by atoms with Crippen LogP contribution in [0.15, 0.2) is 18.2 Å². The fourth-order valence-corrected chi connectivity index (χ4v) is 3.02. The van der Waals surface area contributed by atoms with Crippen LogP contribution in [0.5, 0.6) is 11.5 Å². The summed E-state index contributed by atoms with van der Waals surface area (Å²) < 4.78 is 13.1. The lowest BCUT2D eigenvalue weighted by atomic mass is 9.97. The van der Waals surface area contributed by atoms with Crippen LogP contribution in [-0.2, 0) is 6.54 Å². The smallest absolute Gasteiger partial charge is 0.164 e. The van der Waals surface area contributed by atoms with Crippen molar-refractivity contribution in [2.45, 2.75) is 38.8 Å². The van der Waals surface area contributed by atoms with E-state index in [4.69, 9.17) is 15.2 Å². The van der Waals surface area contributed by atoms with E-state index in [0.29, 0.717) is 18.3 Å². The number of ether oxygens (including phenoxy) is 2. The molecule has 2 atom stereocenters. The van der Waals surface area contributed by atoms with Crippen molar-refractivity contribution in [3.63, 3.8) is 0 Å². The van der Waals surface area contributed by atoms with Crippen molar-refractivity contribution in [2.24, 2.45) is 5.73 Å². The molecule has 3 rings (SSSR count). The van der Waals surface area contributed by atoms with Gasteiger partial charge in [-0.1, -0.05) is 6.92 Å². The molecule has 0 spiro atoms. The number of nitrogens with zero attached hydrogens (tertiary/aromatic N) is 3. The third-order valence-electron chi connectivity index (χ3n) is 4.02. The van der Waals surface area contributed by atoms with Gasteiger partial charge in [0, 0.05) is 24.1 Å². The van der Waals surface area contributed by atoms with Crippen molar-refractivity contribution < 1.29 is 9.47 Å². The molecule has 1 aliphatic heterocycles. The van der Waals surface area contributed by atoms with Crippen molar-refractivity contribution in [3.05, 3.63) is 24.0 Å². The quantitative estimate of drug-likeness (QED) is 0.937. The molecule has 0 saturated heterocycles. The topological polar surface area (TPSA) is 75.2 Å². The number of hydrogen-bond acceptors (Lipinski definition) is 5. The summed E-state index contributed by atoms with van der Waals surface area (Å²) in [7, 11) is 1.64. The van der Waals surface area contributed by atoms with E-state index in [1.807, 2.05) is 25.1 Å². The Hall–Kier alpha value is -2.08. The van der Waals surface area contributed by atoms with E-state index in [-0.39, 0.29) is 6.04 Å². The molecule has 0 fully saturated rings. The number of benzene rings is 1. The summed E-state index contributed by atoms with van der Waals surface area (Å²) in [6, 6.07) is 5.97. The molecule has 0 radical (unpaired) electrons. The predicted molar refractivity (Wildman–Crippen MR) is 84.2 cm³/mol. The predicted octanol–water partition coefficient (Wildman–Crippen LogP) is 2.19. The van der Waals surface area contributed by atoms with Gasteiger partial charge in [0.25, 0.3) is 0 Å². The van der Waals surface area contributed by atoms with E-state index in [1.54, 1.807) is 7.11 Å². The van der Waals surface area contributed by atoms with Gasteiger partial charge in [-0.05, 0) is 31.5 Å². The summed E-state index contributed by atoms with van der Waals surface area (Å²) in [6.45, 7) is 5.44. The largest absolute Gasteiger partial charge is 0.493 e. The van der Waals surface area contributed by atoms with Crippen LogP contribution >= 0.6 is 0 Å². The molecule has 0 aliphatic carbocycles. The van der Waals surface area contributed by atoms with Crippen LogP contribution in [0.1, 0.15) is 32.0 Å². The first-order valence-electron chi connectivity index (χ1n) is 7.64. The maximum absolute atomic E-state index is 6.14. The lowest BCUT2D eigenvalue weighted by molar-refractivity contribution is 0.311. The number of fused-ring (bicyclic) bond motifs is 1. The third-order valence-corrected chi connectivity index (χ3v) is 4.02. The minimum Gasteiger partial charge on any atom is -0.493 e. The Morgan fingerprint density at radius 2 is 2.14 bits per heavy atom. The Kier molecular flexibility index (Phi) is 4.02. The first-order chi connectivity index (χ1) is 10.6. The Bertz CT molecular complexity index is 668. The lowest BCUT2D eigenvalue weighted by Gasteiger charge is -2.25. The summed E-state index contributed by atoms with van der Waals surface area (Å²) in [5.41, 5.74) is 7.10. The highest BCUT2D eigenvalue weighted by Crippen LogP contribution is 2.34. The van der Waals surface area contributed by atoms with E-state index in [2.05, 4.69) is 21.7 Å². The second-order valence-electron chi connectivity index (χ2n) is 5.69. The summed E-state index contributed by atoms with van der Waals surface area (Å²) in [5, 5.41) is 8.71. The third kappa shape index (κ3) is 2.54. The number of nitrogens with two attached hydrogens (primary N) is 1. The van der Waals surface area contributed by atoms with Gasteiger partial charge in [-0.25, -0.2) is 0 Å². The van der Waals surface area contributed by atoms with Gasteiger partial charge in [-0.2, -0.15) is 0 Å². The van der Waals surface area contributed by atoms with Crippen molar-refractivity contribution >= 4 is 0 Å². The zero-order valence-corrected chi connectivity index (χ0v) is 13.2. The average Bonchev–Trinajstić information content (AvgIpc) is 2.92. The summed E-state index contributed by atoms with van der Waals surface area (Å²) in [5.74, 6) is 3.60. The number of rotatable bonds is 4. The van der Waals surface area contributed by atoms with E-state index in [9.17, 15) is 0 Å². The van der Waals surface area contributed by atoms with E-state index in [1.165, 1.54) is 0 Å². The standard InChI is InChI=1S/C16H22N4O2/c1-4-22-13-6-5-11(8-14(13)21-3)16-19-18-15-10(2)7-12(17)9-20(15)16/h5-6,8,10,12H,4,7,9,17H2,1-3H3. The van der Waals surface area contributed by atoms with Crippen molar-refractivity contribution in [3.8, 4) is 22.9 Å². The van der Waals surface area contributed by atoms with E-state index in [0.717, 1.165) is 35.9 Å². The first kappa shape index (κ1) is 14.8. The van der Waals surface area contributed by atoms with Gasteiger partial charge in [0.2, 0.25) is 0 Å². The van der Waals surface area contributed by atoms with Gasteiger partial charge >= 0.3 is 0 Å². The van der Waals surface area contributed by atoms with Gasteiger partial charge in [0.1, 0.15) is 5.82 Å². The maximum atomic E-state index is 6.14. The van der Waals surface area contributed by atoms with Crippen LogP contribution in [0.3, 0.4) is 0 Å². The van der Waals surface area contributed by atoms with Gasteiger partial charge in [-0.3, -0.25) is 0 Å². The Morgan fingerprint density at radius 3 is 2.86 bits per heavy atom. The second-order valence-corrected chi connectivity index (χ2v) is 5.69. The molecule has 2 aromatic rings. The van der Waals surface area contributed by atoms with Crippen LogP contribution in [0, 0.1) is 0 Å². The van der Waals surface area contributed by atoms with Crippen LogP contribution < -0.4 is 15.2 Å². The highest BCUT2D eigenvalue weighted by molar-refractivity contribution is 5.61. The normalized spacial score (nSPS) is 20.5. The van der Waals surface area contributed by atoms with Crippen molar-refractivity contribution in [1.82, 2.24) is 14.8 Å². The molecular formula is C16H22N4O2. The van der Waals surface area contributed by atoms with Gasteiger partial charge in [0.05, 0.1) is 13.7 Å². The van der Waals surface area contributed by atoms with Gasteiger partial charge in [-0.15, -0.1) is 10.2 Å². The zero-order chi connectivity index (χ0) is 15.7. The minimum absolute atomic E-state index is 0.141. The summed E-state index contributed by atoms with van der Waals surface area (Å²) >= 11 is 0. The highest BCUT2D eigenvalue weighted by Gasteiger charge is 2.27. The highest BCUT2D eigenvalue weighted by atomic mass is 16.5. The van der Waals surface area contributed by atoms with Crippen LogP contribution in [-0.4, -0.2) is 34.5 Å². The summed E-state index contributed by atoms with van der Waals surface area (Å²) in [6.07, 6.45) is 0.949. The van der Waals surface area contributed by atoms with Gasteiger partial charge < -0.3 is 19.8 Å². The molecule has 0 saturated carbocycles. The van der Waals surface area contributed by atoms with Gasteiger partial charge in [0.15, 0.2) is 17.3 Å². The molecule has 2 heterocycles. The fourth-order valence-electron chi connectivity index (χ4n) is 3.02. The number of aromatic nitrogens is 3. The monoisotopic (exact) mass is 302 g/mol. The summed E-state index contributed by atoms with van der Waals surface area (Å²) in [4.78, 5) is 0. The molecule has 2 unspecified atom stereocenters. The lowest BCUT2D eigenvalue weighted by Crippen LogP contribution is -2.33. The minimum atomic E-state index is 0.141. The maximum Gasteiger partial charge on any atom is 0.164 e. The molecule has 22 heavy (non-hydrogen) atoms. The molecule has 1 aromatic carbocycles. The molecule has 118 valence electrons. The van der Waals surface area contributed by atoms with Crippen LogP contribution in [0.25, 0.3) is 11.4 Å². The zero-order valence-electron chi connectivity index (χ0n) is 13.2. The van der Waals surface area contributed by atoms with Crippen molar-refractivity contribution in [1.29, 1.82) is 0 Å². The SMILES string of the molecule is CCOc1ccc(-c2nnc3n2CC(N)CC3C)cc1OC. The number of methoxy groups -OCH3 is 1. The molecular weight excluding hydrogens is 280 g/mol. The van der Waals surface area contributed by atoms with E-state index < -0.39 is 0 Å². The fraction of sp³-hybridized carbons (Fsp3) is 0.500. The first-order valence-corrected chi connectivity index (χ1v) is 7.64. The molecule has 6 nitrogen and oxygen atoms in total. The molecule has 1 aromatic heterocycles. The molecule has 1 aliphatic rings. The van der Waals surface area contributed by atoms with Crippen LogP contribution in [0.2, 0.25) is 0 Å². The van der Waals surface area contributed by atoms with E-state index >= 15 is 0 Å². The van der Waals surface area contributed by atoms with Crippen molar-refractivity contribution in [2.75, 3.05) is 13.7 Å². The Balaban J connectivity index is 2.02. The second kappa shape index (κ2) is 5.96.